The van der Waals surface area contributed by atoms with Crippen LogP contribution in [0.4, 0.5) is 16.3 Å². The van der Waals surface area contributed by atoms with Crippen molar-refractivity contribution in [1.82, 2.24) is 106 Å². The highest BCUT2D eigenvalue weighted by molar-refractivity contribution is 7.90. The monoisotopic (exact) mass is 1870 g/mol. The number of esters is 6. The normalized spacial score (nSPS) is 12.5. The molecule has 1 amide bonds. The first kappa shape index (κ1) is 95.4. The van der Waals surface area contributed by atoms with Crippen molar-refractivity contribution in [3.63, 3.8) is 0 Å². The number of fused-ring (bicyclic) bond motifs is 3. The molecule has 698 valence electrons. The van der Waals surface area contributed by atoms with Crippen molar-refractivity contribution in [3.8, 4) is 39.5 Å². The van der Waals surface area contributed by atoms with Gasteiger partial charge < -0.3 is 48.3 Å². The first-order valence-electron chi connectivity index (χ1n) is 42.3. The van der Waals surface area contributed by atoms with Gasteiger partial charge in [0.15, 0.2) is 39.0 Å². The molecule has 0 spiro atoms. The maximum atomic E-state index is 13.0. The summed E-state index contributed by atoms with van der Waals surface area (Å²) in [6, 6.07) is 55.6. The molecule has 42 nitrogen and oxygen atoms in total. The topological polar surface area (TPSA) is 515 Å². The molecular formula is C93H90N22O20S. The van der Waals surface area contributed by atoms with Crippen molar-refractivity contribution in [3.05, 3.63) is 262 Å². The lowest BCUT2D eigenvalue weighted by Crippen LogP contribution is -2.26. The summed E-state index contributed by atoms with van der Waals surface area (Å²) in [5.74, 6) is -2.21. The van der Waals surface area contributed by atoms with Gasteiger partial charge in [0.1, 0.15) is 23.1 Å². The number of aryl methyl sites for hydroxylation is 1. The highest BCUT2D eigenvalue weighted by atomic mass is 32.2. The SMILES string of the molecule is CC(=O)OC(C)OC(=O)c1cccc2c(-n3nnc(Cc4nnn(-c5cc(S(C)(=O)=O)ccc5O)n4)n3)cccc12.COC(=O)c1ccc(Nc2nnc(C)c3cc(-c4cccc(-c5ccc(C(=O)OCOC(=O)C(C)(C)C)c6ccccc56)c4)nnc23)cc1.CON(C)C(=O)c1cccc(Cn2nnc(Cc3nnn(Cc4cccc(C(=O)OC(C)OC(=O)OC5CCCCC5)c4)n3)n2)c1. The van der Waals surface area contributed by atoms with Crippen molar-refractivity contribution < 1.29 is 94.6 Å². The smallest absolute Gasteiger partial charge is 0.506 e. The van der Waals surface area contributed by atoms with Crippen LogP contribution < -0.4 is 5.32 Å². The Kier molecular flexibility index (Phi) is 29.9. The Bertz CT molecular complexity index is 7100. The summed E-state index contributed by atoms with van der Waals surface area (Å²) in [7, 11) is 0.774. The number of anilines is 2. The summed E-state index contributed by atoms with van der Waals surface area (Å²) in [6.07, 6.45) is 2.89. The van der Waals surface area contributed by atoms with Crippen molar-refractivity contribution in [2.24, 2.45) is 5.41 Å². The van der Waals surface area contributed by atoms with Gasteiger partial charge >= 0.3 is 42.0 Å². The van der Waals surface area contributed by atoms with Crippen LogP contribution in [0.5, 0.6) is 5.75 Å². The number of hydroxylamine groups is 2. The van der Waals surface area contributed by atoms with Gasteiger partial charge in [-0.15, -0.1) is 65.7 Å². The number of hydrogen-bond acceptors (Lipinski definition) is 37. The van der Waals surface area contributed by atoms with Crippen LogP contribution in [-0.2, 0) is 88.1 Å². The van der Waals surface area contributed by atoms with Crippen molar-refractivity contribution >= 4 is 102 Å². The molecule has 2 atom stereocenters. The van der Waals surface area contributed by atoms with Crippen molar-refractivity contribution in [2.75, 3.05) is 39.6 Å². The lowest BCUT2D eigenvalue weighted by molar-refractivity contribution is -0.163. The molecule has 1 aliphatic carbocycles. The second kappa shape index (κ2) is 42.7. The third-order valence-electron chi connectivity index (χ3n) is 20.8. The Morgan fingerprint density at radius 3 is 1.76 bits per heavy atom. The minimum absolute atomic E-state index is 0.0147. The molecule has 43 heteroatoms. The number of ether oxygens (including phenoxy) is 8. The Balaban J connectivity index is 0.000000164. The van der Waals surface area contributed by atoms with Crippen LogP contribution in [0, 0.1) is 12.3 Å². The first-order valence-corrected chi connectivity index (χ1v) is 44.2. The van der Waals surface area contributed by atoms with Gasteiger partial charge in [0, 0.05) is 61.7 Å². The van der Waals surface area contributed by atoms with Crippen LogP contribution in [0.15, 0.2) is 199 Å². The van der Waals surface area contributed by atoms with Gasteiger partial charge in [-0.05, 0) is 210 Å². The van der Waals surface area contributed by atoms with E-state index in [0.717, 1.165) is 86.8 Å². The first-order chi connectivity index (χ1) is 65.3. The number of amides is 1. The molecular weight excluding hydrogens is 1780 g/mol. The van der Waals surface area contributed by atoms with Crippen molar-refractivity contribution in [2.45, 2.75) is 130 Å². The molecule has 2 unspecified atom stereocenters. The largest absolute Gasteiger partial charge is 0.511 e. The number of nitrogens with zero attached hydrogens (tertiary/aromatic N) is 21. The van der Waals surface area contributed by atoms with Gasteiger partial charge in [-0.1, -0.05) is 103 Å². The number of aromatic nitrogens is 20. The minimum atomic E-state index is -3.52. The fourth-order valence-electron chi connectivity index (χ4n) is 14.1. The molecule has 6 heterocycles. The average molecular weight is 1870 g/mol. The molecule has 1 fully saturated rings. The summed E-state index contributed by atoms with van der Waals surface area (Å²) in [5, 5.41) is 85.6. The second-order valence-electron chi connectivity index (χ2n) is 31.9. The highest BCUT2D eigenvalue weighted by Gasteiger charge is 2.28. The molecule has 2 N–H and O–H groups in total. The Morgan fingerprint density at radius 2 is 1.10 bits per heavy atom. The maximum absolute atomic E-state index is 13.0. The zero-order valence-corrected chi connectivity index (χ0v) is 76.1. The predicted octanol–water partition coefficient (Wildman–Crippen LogP) is 12.0. The van der Waals surface area contributed by atoms with Crippen LogP contribution in [0.3, 0.4) is 0 Å². The summed E-state index contributed by atoms with van der Waals surface area (Å²) in [4.78, 5) is 108. The third kappa shape index (κ3) is 24.1. The molecule has 6 aromatic heterocycles. The zero-order valence-electron chi connectivity index (χ0n) is 75.3. The van der Waals surface area contributed by atoms with E-state index >= 15 is 0 Å². The van der Waals surface area contributed by atoms with Crippen LogP contribution in [0.1, 0.15) is 166 Å². The molecule has 0 saturated heterocycles. The van der Waals surface area contributed by atoms with E-state index in [2.05, 4.69) is 87.4 Å². The number of phenolic OH excluding ortho intramolecular Hbond substituents is 1. The molecule has 1 aliphatic rings. The molecule has 1 saturated carbocycles. The number of carbonyl (C=O) groups is 8. The summed E-state index contributed by atoms with van der Waals surface area (Å²) in [6.45, 7) is 11.2. The zero-order chi connectivity index (χ0) is 96.5. The maximum Gasteiger partial charge on any atom is 0.511 e. The van der Waals surface area contributed by atoms with E-state index < -0.39 is 76.6 Å². The number of sulfone groups is 1. The molecule has 136 heavy (non-hydrogen) atoms. The molecule has 16 rings (SSSR count). The molecule has 15 aromatic rings. The molecule has 0 radical (unpaired) electrons. The fourth-order valence-corrected chi connectivity index (χ4v) is 14.8. The summed E-state index contributed by atoms with van der Waals surface area (Å²) in [5.41, 5.74) is 8.44. The van der Waals surface area contributed by atoms with Crippen LogP contribution in [-0.4, -0.2) is 221 Å². The van der Waals surface area contributed by atoms with Gasteiger partial charge in [-0.25, -0.2) is 37.5 Å². The van der Waals surface area contributed by atoms with E-state index in [0.29, 0.717) is 85.1 Å². The Hall–Kier alpha value is -16.7. The van der Waals surface area contributed by atoms with E-state index in [1.54, 1.807) is 124 Å². The number of rotatable bonds is 28. The number of hydrogen-bond donors (Lipinski definition) is 2. The Labute approximate surface area is 775 Å². The number of benzene rings is 9. The molecule has 0 aliphatic heterocycles. The van der Waals surface area contributed by atoms with E-state index in [1.165, 1.54) is 74.6 Å². The average Bonchev–Trinajstić information content (AvgIpc) is 1.24. The lowest BCUT2D eigenvalue weighted by Gasteiger charge is -2.22. The van der Waals surface area contributed by atoms with Crippen LogP contribution in [0.2, 0.25) is 0 Å². The highest BCUT2D eigenvalue weighted by Crippen LogP contribution is 2.36. The molecule has 9 aromatic carbocycles. The summed E-state index contributed by atoms with van der Waals surface area (Å²) < 4.78 is 64.8. The van der Waals surface area contributed by atoms with Gasteiger partial charge in [-0.2, -0.15) is 14.7 Å². The van der Waals surface area contributed by atoms with E-state index in [9.17, 15) is 51.9 Å². The van der Waals surface area contributed by atoms with Crippen molar-refractivity contribution in [1.29, 1.82) is 0 Å². The van der Waals surface area contributed by atoms with Gasteiger partial charge in [-0.3, -0.25) is 19.2 Å². The number of aromatic hydroxyl groups is 1. The van der Waals surface area contributed by atoms with E-state index in [1.807, 2.05) is 79.7 Å². The van der Waals surface area contributed by atoms with Gasteiger partial charge in [0.2, 0.25) is 19.4 Å². The summed E-state index contributed by atoms with van der Waals surface area (Å²) >= 11 is 0. The minimum Gasteiger partial charge on any atom is -0.506 e. The van der Waals surface area contributed by atoms with Crippen LogP contribution in [0.25, 0.3) is 66.2 Å². The quantitative estimate of drug-likeness (QED) is 0.0199. The van der Waals surface area contributed by atoms with E-state index in [4.69, 9.17) is 42.7 Å². The standard InChI is InChI=1S/C38H33N5O6.C30H35N9O7.C25H22N8O7S/c1-22-31-20-32(41-42-33(31)34(43-40-22)39-26-15-13-23(14-16-26)35(44)47-5)25-10-8-9-24(19-25)27-17-18-30(29-12-7-6-11-28(27)29)36(45)48-21-49-37(46)38(2,3)4;1-20(45-30(42)46-25-13-5-4-6-14-25)44-29(41)24-12-8-10-22(16-24)19-39-34-27(32-36-39)17-26-31-35-38(33-26)18-21-9-7-11-23(15-21)28(40)37(2)43-3;1-14(34)39-15(2)40-25(36)19-8-4-7-18-17(19)6-5-9-20(18)32-28-23(26-30-32)13-24-27-31-33(29-24)21-12-16(41(3,37)38)10-11-22(21)35/h6-20H,21H2,1-5H3,(H,39,43);7-12,15-16,20,25H,4-6,13-14,17-19H2,1-3H3;4-12,15,35H,13H2,1-3H3. The lowest BCUT2D eigenvalue weighted by atomic mass is 9.93. The van der Waals surface area contributed by atoms with Gasteiger partial charge in [0.25, 0.3) is 5.91 Å². The predicted molar refractivity (Wildman–Crippen MR) is 483 cm³/mol. The van der Waals surface area contributed by atoms with Gasteiger partial charge in [0.05, 0.1) is 89.8 Å². The third-order valence-corrected chi connectivity index (χ3v) is 21.9. The number of phenols is 1. The van der Waals surface area contributed by atoms with E-state index in [-0.39, 0.29) is 70.5 Å². The molecule has 0 bridgehead atoms. The number of carbonyl (C=O) groups excluding carboxylic acids is 8. The number of nitrogens with one attached hydrogen (secondary N) is 1. The van der Waals surface area contributed by atoms with Crippen LogP contribution >= 0.6 is 0 Å². The number of tetrazole rings is 4. The fraction of sp³-hybridized carbons (Fsp3) is 0.269. The number of methoxy groups -OCH3 is 1. The second-order valence-corrected chi connectivity index (χ2v) is 34.0. The Morgan fingerprint density at radius 1 is 0.522 bits per heavy atom.